The fraction of sp³-hybridized carbons (Fsp3) is 0.273. The van der Waals surface area contributed by atoms with Gasteiger partial charge in [0.1, 0.15) is 6.04 Å². The van der Waals surface area contributed by atoms with E-state index in [2.05, 4.69) is 24.4 Å². The van der Waals surface area contributed by atoms with Crippen molar-refractivity contribution in [2.24, 2.45) is 0 Å². The second-order valence-corrected chi connectivity index (χ2v) is 4.28. The molecular weight excluding hydrogens is 226 g/mol. The number of aliphatic carboxylic acids is 1. The molecule has 1 saturated heterocycles. The van der Waals surface area contributed by atoms with E-state index in [4.69, 9.17) is 5.11 Å². The van der Waals surface area contributed by atoms with E-state index >= 15 is 0 Å². The Labute approximate surface area is 98.0 Å². The third kappa shape index (κ3) is 4.35. The van der Waals surface area contributed by atoms with Gasteiger partial charge < -0.3 is 10.4 Å². The first-order chi connectivity index (χ1) is 7.59. The van der Waals surface area contributed by atoms with Crippen LogP contribution in [0, 0.1) is 6.92 Å². The van der Waals surface area contributed by atoms with Gasteiger partial charge in [0.25, 0.3) is 5.24 Å². The minimum Gasteiger partial charge on any atom is -0.480 e. The van der Waals surface area contributed by atoms with Gasteiger partial charge in [0, 0.05) is 5.75 Å². The van der Waals surface area contributed by atoms with Gasteiger partial charge in [-0.05, 0) is 6.92 Å². The van der Waals surface area contributed by atoms with Crippen LogP contribution in [0.5, 0.6) is 0 Å². The zero-order chi connectivity index (χ0) is 12.0. The summed E-state index contributed by atoms with van der Waals surface area (Å²) in [7, 11) is 0. The molecule has 0 unspecified atom stereocenters. The normalized spacial score (nSPS) is 18.3. The number of aryl methyl sites for hydroxylation is 1. The van der Waals surface area contributed by atoms with Crippen LogP contribution in [0.2, 0.25) is 0 Å². The third-order valence-electron chi connectivity index (χ3n) is 1.91. The molecule has 1 fully saturated rings. The predicted octanol–water partition coefficient (Wildman–Crippen LogP) is 1.89. The van der Waals surface area contributed by atoms with Crippen LogP contribution in [0.25, 0.3) is 0 Å². The Balaban J connectivity index is 0.000000165. The molecular formula is C11H13NO3S. The number of carbonyl (C=O) groups excluding carboxylic acids is 1. The van der Waals surface area contributed by atoms with E-state index in [0.29, 0.717) is 5.75 Å². The first kappa shape index (κ1) is 12.6. The largest absolute Gasteiger partial charge is 0.480 e. The molecule has 2 N–H and O–H groups in total. The number of hydrogen-bond donors (Lipinski definition) is 2. The monoisotopic (exact) mass is 239 g/mol. The fourth-order valence-corrected chi connectivity index (χ4v) is 1.82. The summed E-state index contributed by atoms with van der Waals surface area (Å²) in [5.74, 6) is -0.623. The van der Waals surface area contributed by atoms with Crippen molar-refractivity contribution in [1.82, 2.24) is 5.32 Å². The molecule has 1 heterocycles. The predicted molar refractivity (Wildman–Crippen MR) is 63.6 cm³/mol. The van der Waals surface area contributed by atoms with E-state index in [1.54, 1.807) is 0 Å². The number of benzene rings is 1. The van der Waals surface area contributed by atoms with E-state index in [1.807, 2.05) is 18.2 Å². The lowest BCUT2D eigenvalue weighted by Gasteiger charge is -1.98. The number of hydrogen-bond acceptors (Lipinski definition) is 3. The highest BCUT2D eigenvalue weighted by atomic mass is 32.2. The van der Waals surface area contributed by atoms with E-state index in [0.717, 1.165) is 11.8 Å². The van der Waals surface area contributed by atoms with Crippen molar-refractivity contribution in [1.29, 1.82) is 0 Å². The zero-order valence-electron chi connectivity index (χ0n) is 8.84. The maximum absolute atomic E-state index is 10.3. The SMILES string of the molecule is Cc1ccccc1.O=C1N[C@H](C(=O)O)CS1. The molecule has 4 nitrogen and oxygen atoms in total. The van der Waals surface area contributed by atoms with Crippen molar-refractivity contribution in [3.63, 3.8) is 0 Å². The average molecular weight is 239 g/mol. The van der Waals surface area contributed by atoms with E-state index in [-0.39, 0.29) is 5.24 Å². The number of carboxylic acids is 1. The van der Waals surface area contributed by atoms with Crippen molar-refractivity contribution in [3.05, 3.63) is 35.9 Å². The summed E-state index contributed by atoms with van der Waals surface area (Å²) in [6, 6.07) is 9.58. The van der Waals surface area contributed by atoms with Crippen molar-refractivity contribution < 1.29 is 14.7 Å². The van der Waals surface area contributed by atoms with Gasteiger partial charge in [-0.3, -0.25) is 4.79 Å². The molecule has 0 saturated carbocycles. The zero-order valence-corrected chi connectivity index (χ0v) is 9.66. The molecule has 2 rings (SSSR count). The van der Waals surface area contributed by atoms with Crippen molar-refractivity contribution >= 4 is 23.0 Å². The molecule has 1 aliphatic rings. The van der Waals surface area contributed by atoms with Crippen LogP contribution in [-0.4, -0.2) is 28.1 Å². The minimum atomic E-state index is -0.964. The van der Waals surface area contributed by atoms with Crippen molar-refractivity contribution in [2.45, 2.75) is 13.0 Å². The quantitative estimate of drug-likeness (QED) is 0.785. The van der Waals surface area contributed by atoms with Crippen LogP contribution in [0.15, 0.2) is 30.3 Å². The van der Waals surface area contributed by atoms with Crippen LogP contribution in [0.1, 0.15) is 5.56 Å². The van der Waals surface area contributed by atoms with Gasteiger partial charge in [-0.15, -0.1) is 0 Å². The van der Waals surface area contributed by atoms with Crippen LogP contribution in [-0.2, 0) is 4.79 Å². The van der Waals surface area contributed by atoms with Gasteiger partial charge in [0.2, 0.25) is 0 Å². The fourth-order valence-electron chi connectivity index (χ4n) is 1.05. The van der Waals surface area contributed by atoms with Crippen LogP contribution in [0.4, 0.5) is 4.79 Å². The Hall–Kier alpha value is -1.49. The smallest absolute Gasteiger partial charge is 0.327 e. The maximum atomic E-state index is 10.3. The number of rotatable bonds is 1. The summed E-state index contributed by atoms with van der Waals surface area (Å²) < 4.78 is 0. The number of nitrogens with one attached hydrogen (secondary N) is 1. The van der Waals surface area contributed by atoms with Crippen molar-refractivity contribution in [2.75, 3.05) is 5.75 Å². The van der Waals surface area contributed by atoms with Gasteiger partial charge in [-0.2, -0.15) is 0 Å². The second-order valence-electron chi connectivity index (χ2n) is 3.29. The highest BCUT2D eigenvalue weighted by Crippen LogP contribution is 2.12. The van der Waals surface area contributed by atoms with E-state index < -0.39 is 12.0 Å². The number of carbonyl (C=O) groups is 2. The number of carboxylic acid groups (broad SMARTS) is 1. The maximum Gasteiger partial charge on any atom is 0.327 e. The van der Waals surface area contributed by atoms with Crippen LogP contribution in [0.3, 0.4) is 0 Å². The average Bonchev–Trinajstić information content (AvgIpc) is 2.67. The second kappa shape index (κ2) is 6.17. The standard InChI is InChI=1S/C7H8.C4H5NO3S/c1-7-5-3-2-4-6-7;6-3(7)2-1-9-4(8)5-2/h2-6H,1H3;2H,1H2,(H,5,8)(H,6,7)/t;2-/m.0/s1. The first-order valence-electron chi connectivity index (χ1n) is 4.77. The molecule has 0 aliphatic carbocycles. The lowest BCUT2D eigenvalue weighted by atomic mass is 10.2. The molecule has 5 heteroatoms. The Bertz CT molecular complexity index is 367. The molecule has 0 bridgehead atoms. The highest BCUT2D eigenvalue weighted by molar-refractivity contribution is 8.14. The van der Waals surface area contributed by atoms with Gasteiger partial charge >= 0.3 is 5.97 Å². The van der Waals surface area contributed by atoms with Gasteiger partial charge in [0.05, 0.1) is 0 Å². The lowest BCUT2D eigenvalue weighted by Crippen LogP contribution is -2.33. The molecule has 1 atom stereocenters. The van der Waals surface area contributed by atoms with Gasteiger partial charge in [-0.25, -0.2) is 4.79 Å². The molecule has 1 aromatic carbocycles. The molecule has 0 spiro atoms. The first-order valence-corrected chi connectivity index (χ1v) is 5.76. The summed E-state index contributed by atoms with van der Waals surface area (Å²) >= 11 is 1.00. The Kier molecular flexibility index (Phi) is 4.85. The number of amides is 1. The molecule has 0 aromatic heterocycles. The van der Waals surface area contributed by atoms with Crippen LogP contribution < -0.4 is 5.32 Å². The molecule has 86 valence electrons. The third-order valence-corrected chi connectivity index (χ3v) is 2.79. The summed E-state index contributed by atoms with van der Waals surface area (Å²) in [6.45, 7) is 2.08. The molecule has 1 amide bonds. The summed E-state index contributed by atoms with van der Waals surface area (Å²) in [5, 5.41) is 10.3. The van der Waals surface area contributed by atoms with E-state index in [9.17, 15) is 9.59 Å². The minimum absolute atomic E-state index is 0.248. The summed E-state index contributed by atoms with van der Waals surface area (Å²) in [6.07, 6.45) is 0. The lowest BCUT2D eigenvalue weighted by molar-refractivity contribution is -0.138. The summed E-state index contributed by atoms with van der Waals surface area (Å²) in [5.41, 5.74) is 1.32. The molecule has 1 aliphatic heterocycles. The summed E-state index contributed by atoms with van der Waals surface area (Å²) in [4.78, 5) is 20.5. The van der Waals surface area contributed by atoms with Gasteiger partial charge in [0.15, 0.2) is 0 Å². The Morgan fingerprint density at radius 1 is 1.44 bits per heavy atom. The number of thioether (sulfide) groups is 1. The van der Waals surface area contributed by atoms with E-state index in [1.165, 1.54) is 5.56 Å². The van der Waals surface area contributed by atoms with Crippen LogP contribution >= 0.6 is 11.8 Å². The molecule has 16 heavy (non-hydrogen) atoms. The molecule has 1 aromatic rings. The Morgan fingerprint density at radius 2 is 2.06 bits per heavy atom. The Morgan fingerprint density at radius 3 is 2.31 bits per heavy atom. The molecule has 0 radical (unpaired) electrons. The topological polar surface area (TPSA) is 66.4 Å². The highest BCUT2D eigenvalue weighted by Gasteiger charge is 2.27. The van der Waals surface area contributed by atoms with Crippen molar-refractivity contribution in [3.8, 4) is 0 Å². The van der Waals surface area contributed by atoms with Gasteiger partial charge in [-0.1, -0.05) is 47.7 Å².